The summed E-state index contributed by atoms with van der Waals surface area (Å²) in [7, 11) is -4.37. The number of halogens is 2. The summed E-state index contributed by atoms with van der Waals surface area (Å²) in [5, 5.41) is 2.77. The lowest BCUT2D eigenvalue weighted by Gasteiger charge is -2.32. The van der Waals surface area contributed by atoms with Crippen LogP contribution in [0.2, 0.25) is 0 Å². The minimum atomic E-state index is -4.37. The van der Waals surface area contributed by atoms with Crippen molar-refractivity contribution in [3.05, 3.63) is 90.0 Å². The number of hydrogen-bond donors (Lipinski definition) is 1. The van der Waals surface area contributed by atoms with Gasteiger partial charge in [0, 0.05) is 18.7 Å². The molecule has 0 saturated heterocycles. The van der Waals surface area contributed by atoms with E-state index in [1.807, 2.05) is 13.8 Å². The molecule has 0 aliphatic heterocycles. The number of benzene rings is 3. The molecule has 0 fully saturated rings. The molecule has 0 unspecified atom stereocenters. The number of nitrogens with zero attached hydrogens (tertiary/aromatic N) is 2. The molecule has 0 aliphatic rings. The first-order valence-electron chi connectivity index (χ1n) is 13.3. The van der Waals surface area contributed by atoms with E-state index in [1.165, 1.54) is 37.3 Å². The third kappa shape index (κ3) is 8.26. The van der Waals surface area contributed by atoms with Crippen molar-refractivity contribution in [2.45, 2.75) is 45.2 Å². The maximum atomic E-state index is 14.6. The first-order valence-corrected chi connectivity index (χ1v) is 14.7. The van der Waals surface area contributed by atoms with Gasteiger partial charge in [0.25, 0.3) is 10.0 Å². The van der Waals surface area contributed by atoms with Crippen LogP contribution in [-0.2, 0) is 26.2 Å². The number of carbonyl (C=O) groups is 2. The van der Waals surface area contributed by atoms with Gasteiger partial charge in [-0.05, 0) is 74.4 Å². The molecule has 2 amide bonds. The van der Waals surface area contributed by atoms with Crippen LogP contribution >= 0.6 is 0 Å². The van der Waals surface area contributed by atoms with Crippen LogP contribution < -0.4 is 14.4 Å². The number of sulfonamides is 1. The quantitative estimate of drug-likeness (QED) is 0.312. The molecule has 3 aromatic rings. The molecule has 0 spiro atoms. The SMILES string of the molecule is CCOc1ccc(N(CC(=O)N(Cc2ccccc2F)[C@H](C)C(=O)NCC(C)C)S(=O)(=O)c2ccc(F)cc2)cc1. The second-order valence-electron chi connectivity index (χ2n) is 9.82. The maximum Gasteiger partial charge on any atom is 0.264 e. The third-order valence-electron chi connectivity index (χ3n) is 6.27. The Bertz CT molecular complexity index is 1430. The van der Waals surface area contributed by atoms with Crippen molar-refractivity contribution in [3.63, 3.8) is 0 Å². The average molecular weight is 588 g/mol. The molecule has 41 heavy (non-hydrogen) atoms. The predicted molar refractivity (Wildman–Crippen MR) is 153 cm³/mol. The summed E-state index contributed by atoms with van der Waals surface area (Å²) in [6.45, 7) is 6.94. The fraction of sp³-hybridized carbons (Fsp3) is 0.333. The zero-order chi connectivity index (χ0) is 30.2. The molecule has 8 nitrogen and oxygen atoms in total. The van der Waals surface area contributed by atoms with E-state index in [4.69, 9.17) is 4.74 Å². The molecule has 0 heterocycles. The van der Waals surface area contributed by atoms with Gasteiger partial charge in [0.2, 0.25) is 11.8 Å². The molecule has 0 radical (unpaired) electrons. The van der Waals surface area contributed by atoms with E-state index >= 15 is 0 Å². The van der Waals surface area contributed by atoms with E-state index in [-0.39, 0.29) is 28.6 Å². The van der Waals surface area contributed by atoms with Gasteiger partial charge < -0.3 is 15.0 Å². The summed E-state index contributed by atoms with van der Waals surface area (Å²) >= 11 is 0. The van der Waals surface area contributed by atoms with Crippen LogP contribution in [0.1, 0.15) is 33.3 Å². The summed E-state index contributed by atoms with van der Waals surface area (Å²) in [5.41, 5.74) is 0.312. The number of hydrogen-bond acceptors (Lipinski definition) is 5. The van der Waals surface area contributed by atoms with E-state index < -0.39 is 46.1 Å². The zero-order valence-electron chi connectivity index (χ0n) is 23.5. The van der Waals surface area contributed by atoms with Crippen LogP contribution in [0.4, 0.5) is 14.5 Å². The van der Waals surface area contributed by atoms with Gasteiger partial charge in [-0.3, -0.25) is 13.9 Å². The highest BCUT2D eigenvalue weighted by atomic mass is 32.2. The van der Waals surface area contributed by atoms with Gasteiger partial charge in [0.1, 0.15) is 30.0 Å². The number of ether oxygens (including phenoxy) is 1. The van der Waals surface area contributed by atoms with E-state index in [0.29, 0.717) is 18.9 Å². The van der Waals surface area contributed by atoms with Crippen LogP contribution in [0.5, 0.6) is 5.75 Å². The summed E-state index contributed by atoms with van der Waals surface area (Å²) in [4.78, 5) is 27.8. The number of rotatable bonds is 13. The molecule has 1 atom stereocenters. The lowest BCUT2D eigenvalue weighted by atomic mass is 10.1. The second kappa shape index (κ2) is 14.1. The molecule has 0 saturated carbocycles. The highest BCUT2D eigenvalue weighted by Crippen LogP contribution is 2.27. The fourth-order valence-corrected chi connectivity index (χ4v) is 5.40. The molecule has 0 aromatic heterocycles. The largest absolute Gasteiger partial charge is 0.494 e. The molecule has 11 heteroatoms. The van der Waals surface area contributed by atoms with E-state index in [1.54, 1.807) is 25.1 Å². The standard InChI is InChI=1S/C30H35F2N3O5S/c1-5-40-26-14-12-25(13-15-26)35(41(38,39)27-16-10-24(31)11-17-27)20-29(36)34(19-23-8-6-7-9-28(23)32)22(4)30(37)33-18-21(2)3/h6-17,21-22H,5,18-20H2,1-4H3,(H,33,37)/t22-/m1/s1. The average Bonchev–Trinajstić information content (AvgIpc) is 2.94. The van der Waals surface area contributed by atoms with Gasteiger partial charge in [-0.25, -0.2) is 17.2 Å². The Hall–Kier alpha value is -3.99. The highest BCUT2D eigenvalue weighted by molar-refractivity contribution is 7.92. The second-order valence-corrected chi connectivity index (χ2v) is 11.7. The Morgan fingerprint density at radius 3 is 2.15 bits per heavy atom. The Morgan fingerprint density at radius 2 is 1.56 bits per heavy atom. The van der Waals surface area contributed by atoms with Crippen LogP contribution in [-0.4, -0.2) is 50.9 Å². The molecule has 3 aromatic carbocycles. The molecule has 0 bridgehead atoms. The topological polar surface area (TPSA) is 96.0 Å². The maximum absolute atomic E-state index is 14.6. The molecular formula is C30H35F2N3O5S. The normalized spacial score (nSPS) is 12.1. The number of amides is 2. The van der Waals surface area contributed by atoms with Crippen LogP contribution in [0.25, 0.3) is 0 Å². The lowest BCUT2D eigenvalue weighted by Crippen LogP contribution is -2.51. The minimum Gasteiger partial charge on any atom is -0.494 e. The van der Waals surface area contributed by atoms with Gasteiger partial charge >= 0.3 is 0 Å². The van der Waals surface area contributed by atoms with Crippen molar-refractivity contribution in [1.82, 2.24) is 10.2 Å². The summed E-state index contributed by atoms with van der Waals surface area (Å²) in [6.07, 6.45) is 0. The number of nitrogens with one attached hydrogen (secondary N) is 1. The summed E-state index contributed by atoms with van der Waals surface area (Å²) in [5.74, 6) is -1.74. The van der Waals surface area contributed by atoms with Gasteiger partial charge in [-0.2, -0.15) is 0 Å². The molecule has 1 N–H and O–H groups in total. The Morgan fingerprint density at radius 1 is 0.927 bits per heavy atom. The molecule has 0 aliphatic carbocycles. The van der Waals surface area contributed by atoms with Crippen LogP contribution in [0.3, 0.4) is 0 Å². The van der Waals surface area contributed by atoms with E-state index in [9.17, 15) is 26.8 Å². The smallest absolute Gasteiger partial charge is 0.264 e. The van der Waals surface area contributed by atoms with Gasteiger partial charge in [0.15, 0.2) is 0 Å². The minimum absolute atomic E-state index is 0.147. The highest BCUT2D eigenvalue weighted by Gasteiger charge is 2.33. The van der Waals surface area contributed by atoms with Gasteiger partial charge in [-0.15, -0.1) is 0 Å². The fourth-order valence-electron chi connectivity index (χ4n) is 3.98. The van der Waals surface area contributed by atoms with Gasteiger partial charge in [0.05, 0.1) is 17.2 Å². The first-order chi connectivity index (χ1) is 19.4. The van der Waals surface area contributed by atoms with Crippen molar-refractivity contribution in [3.8, 4) is 5.75 Å². The number of anilines is 1. The van der Waals surface area contributed by atoms with Gasteiger partial charge in [-0.1, -0.05) is 32.0 Å². The van der Waals surface area contributed by atoms with Crippen molar-refractivity contribution in [2.75, 3.05) is 24.0 Å². The molecule has 220 valence electrons. The number of carbonyl (C=O) groups excluding carboxylic acids is 2. The summed E-state index contributed by atoms with van der Waals surface area (Å²) in [6, 6.07) is 15.1. The van der Waals surface area contributed by atoms with Crippen molar-refractivity contribution in [1.29, 1.82) is 0 Å². The Balaban J connectivity index is 2.03. The molecular weight excluding hydrogens is 552 g/mol. The van der Waals surface area contributed by atoms with Crippen LogP contribution in [0, 0.1) is 17.6 Å². The van der Waals surface area contributed by atoms with Crippen molar-refractivity contribution < 1.29 is 31.5 Å². The van der Waals surface area contributed by atoms with E-state index in [0.717, 1.165) is 33.5 Å². The predicted octanol–water partition coefficient (Wildman–Crippen LogP) is 4.75. The Labute approximate surface area is 240 Å². The van der Waals surface area contributed by atoms with E-state index in [2.05, 4.69) is 5.32 Å². The van der Waals surface area contributed by atoms with Crippen LogP contribution in [0.15, 0.2) is 77.7 Å². The lowest BCUT2D eigenvalue weighted by molar-refractivity contribution is -0.139. The first kappa shape index (κ1) is 31.5. The third-order valence-corrected chi connectivity index (χ3v) is 8.05. The Kier molecular flexibility index (Phi) is 10.8. The van der Waals surface area contributed by atoms with Crippen molar-refractivity contribution in [2.24, 2.45) is 5.92 Å². The molecule has 3 rings (SSSR count). The zero-order valence-corrected chi connectivity index (χ0v) is 24.3. The van der Waals surface area contributed by atoms with Crippen molar-refractivity contribution >= 4 is 27.5 Å². The monoisotopic (exact) mass is 587 g/mol. The summed E-state index contributed by atoms with van der Waals surface area (Å²) < 4.78 is 62.1.